The summed E-state index contributed by atoms with van der Waals surface area (Å²) in [6.45, 7) is 11.3. The Morgan fingerprint density at radius 1 is 1.00 bits per heavy atom. The maximum atomic E-state index is 12.5. The van der Waals surface area contributed by atoms with Crippen molar-refractivity contribution in [2.24, 2.45) is 0 Å². The van der Waals surface area contributed by atoms with Crippen LogP contribution in [0.1, 0.15) is 36.1 Å². The molecule has 0 bridgehead atoms. The lowest BCUT2D eigenvalue weighted by molar-refractivity contribution is -0.117. The molecule has 1 heterocycles. The van der Waals surface area contributed by atoms with Gasteiger partial charge in [0.1, 0.15) is 0 Å². The van der Waals surface area contributed by atoms with Gasteiger partial charge >= 0.3 is 0 Å². The van der Waals surface area contributed by atoms with Crippen molar-refractivity contribution >= 4 is 11.6 Å². The zero-order valence-corrected chi connectivity index (χ0v) is 17.3. The molecule has 5 heteroatoms. The number of carbonyl (C=O) groups excluding carboxylic acids is 1. The number of nitrogens with zero attached hydrogens (tertiary/aromatic N) is 1. The summed E-state index contributed by atoms with van der Waals surface area (Å²) in [4.78, 5) is 14.7. The van der Waals surface area contributed by atoms with Gasteiger partial charge in [0.05, 0.1) is 19.8 Å². The number of nitrogens with one attached hydrogen (secondary N) is 1. The number of hydrogen-bond donors (Lipinski definition) is 1. The number of aryl methyl sites for hydroxylation is 2. The van der Waals surface area contributed by atoms with Crippen LogP contribution in [0.4, 0.5) is 5.69 Å². The topological polar surface area (TPSA) is 50.8 Å². The Morgan fingerprint density at radius 3 is 2.32 bits per heavy atom. The summed E-state index contributed by atoms with van der Waals surface area (Å²) in [5.41, 5.74) is 5.74. The number of anilines is 1. The van der Waals surface area contributed by atoms with Crippen LogP contribution in [-0.2, 0) is 17.8 Å². The lowest BCUT2D eigenvalue weighted by Gasteiger charge is -2.29. The molecule has 0 saturated heterocycles. The molecule has 0 aromatic heterocycles. The van der Waals surface area contributed by atoms with E-state index in [9.17, 15) is 4.79 Å². The van der Waals surface area contributed by atoms with Crippen molar-refractivity contribution in [3.05, 3.63) is 52.6 Å². The van der Waals surface area contributed by atoms with E-state index in [4.69, 9.17) is 9.47 Å². The van der Waals surface area contributed by atoms with Crippen LogP contribution in [-0.4, -0.2) is 37.1 Å². The highest BCUT2D eigenvalue weighted by Gasteiger charge is 2.21. The first kappa shape index (κ1) is 20.2. The van der Waals surface area contributed by atoms with E-state index in [2.05, 4.69) is 36.2 Å². The van der Waals surface area contributed by atoms with Crippen molar-refractivity contribution in [1.29, 1.82) is 0 Å². The van der Waals surface area contributed by atoms with Crippen LogP contribution in [0.2, 0.25) is 0 Å². The van der Waals surface area contributed by atoms with E-state index in [0.717, 1.165) is 36.7 Å². The van der Waals surface area contributed by atoms with Gasteiger partial charge in [-0.15, -0.1) is 0 Å². The van der Waals surface area contributed by atoms with Crippen molar-refractivity contribution in [3.8, 4) is 11.5 Å². The number of rotatable bonds is 7. The molecule has 28 heavy (non-hydrogen) atoms. The summed E-state index contributed by atoms with van der Waals surface area (Å²) in [5, 5.41) is 3.01. The Morgan fingerprint density at radius 2 is 1.68 bits per heavy atom. The highest BCUT2D eigenvalue weighted by atomic mass is 16.5. The average molecular weight is 383 g/mol. The maximum Gasteiger partial charge on any atom is 0.238 e. The van der Waals surface area contributed by atoms with Crippen LogP contribution in [0.5, 0.6) is 11.5 Å². The number of hydrogen-bond acceptors (Lipinski definition) is 4. The largest absolute Gasteiger partial charge is 0.490 e. The second-order valence-corrected chi connectivity index (χ2v) is 7.24. The summed E-state index contributed by atoms with van der Waals surface area (Å²) in [6.07, 6.45) is 0.902. The molecule has 150 valence electrons. The first-order chi connectivity index (χ1) is 13.5. The van der Waals surface area contributed by atoms with Gasteiger partial charge in [-0.3, -0.25) is 9.69 Å². The molecule has 2 aromatic rings. The number of ether oxygens (including phenoxy) is 2. The monoisotopic (exact) mass is 382 g/mol. The first-order valence-corrected chi connectivity index (χ1v) is 10.0. The highest BCUT2D eigenvalue weighted by molar-refractivity contribution is 5.92. The van der Waals surface area contributed by atoms with Gasteiger partial charge in [0.25, 0.3) is 0 Å². The molecular weight excluding hydrogens is 352 g/mol. The zero-order valence-electron chi connectivity index (χ0n) is 17.3. The maximum absolute atomic E-state index is 12.5. The Labute approximate surface area is 167 Å². The Hall–Kier alpha value is -2.53. The van der Waals surface area contributed by atoms with E-state index in [-0.39, 0.29) is 5.91 Å². The summed E-state index contributed by atoms with van der Waals surface area (Å²) in [5.74, 6) is 1.61. The van der Waals surface area contributed by atoms with Gasteiger partial charge in [0.15, 0.2) is 11.5 Å². The van der Waals surface area contributed by atoms with Crippen molar-refractivity contribution in [1.82, 2.24) is 4.90 Å². The van der Waals surface area contributed by atoms with E-state index in [1.165, 1.54) is 22.3 Å². The Bertz CT molecular complexity index is 848. The fraction of sp³-hybridized carbons (Fsp3) is 0.435. The van der Waals surface area contributed by atoms with Gasteiger partial charge in [-0.1, -0.05) is 6.07 Å². The molecule has 5 nitrogen and oxygen atoms in total. The minimum absolute atomic E-state index is 0.0164. The summed E-state index contributed by atoms with van der Waals surface area (Å²) in [7, 11) is 0. The third-order valence-corrected chi connectivity index (χ3v) is 5.11. The fourth-order valence-corrected chi connectivity index (χ4v) is 3.52. The first-order valence-electron chi connectivity index (χ1n) is 10.0. The number of benzene rings is 2. The van der Waals surface area contributed by atoms with Crippen molar-refractivity contribution < 1.29 is 14.3 Å². The summed E-state index contributed by atoms with van der Waals surface area (Å²) < 4.78 is 11.5. The molecule has 0 unspecified atom stereocenters. The van der Waals surface area contributed by atoms with Crippen LogP contribution < -0.4 is 14.8 Å². The molecule has 3 rings (SSSR count). The SMILES string of the molecule is CCOc1cc2c(cc1OCC)CN(CC(=O)Nc1ccc(C)c(C)c1)CC2. The van der Waals surface area contributed by atoms with Crippen molar-refractivity contribution in [2.45, 2.75) is 40.7 Å². The standard InChI is InChI=1S/C23H30N2O3/c1-5-27-21-12-18-9-10-25(14-19(18)13-22(21)28-6-2)15-23(26)24-20-8-7-16(3)17(4)11-20/h7-8,11-13H,5-6,9-10,14-15H2,1-4H3,(H,24,26). The molecule has 1 aliphatic heterocycles. The number of fused-ring (bicyclic) bond motifs is 1. The molecule has 0 fully saturated rings. The molecule has 0 saturated carbocycles. The lowest BCUT2D eigenvalue weighted by atomic mass is 9.98. The van der Waals surface area contributed by atoms with E-state index < -0.39 is 0 Å². The second kappa shape index (κ2) is 9.11. The molecule has 1 N–H and O–H groups in total. The van der Waals surface area contributed by atoms with E-state index >= 15 is 0 Å². The Balaban J connectivity index is 1.66. The fourth-order valence-electron chi connectivity index (χ4n) is 3.52. The zero-order chi connectivity index (χ0) is 20.1. The predicted octanol–water partition coefficient (Wildman–Crippen LogP) is 4.10. The molecule has 0 aliphatic carbocycles. The van der Waals surface area contributed by atoms with Crippen LogP contribution >= 0.6 is 0 Å². The van der Waals surface area contributed by atoms with Gasteiger partial charge < -0.3 is 14.8 Å². The third kappa shape index (κ3) is 4.84. The minimum atomic E-state index is 0.0164. The van der Waals surface area contributed by atoms with Crippen LogP contribution in [0.25, 0.3) is 0 Å². The molecule has 1 aliphatic rings. The van der Waals surface area contributed by atoms with Gasteiger partial charge in [-0.05, 0) is 80.6 Å². The van der Waals surface area contributed by atoms with Gasteiger partial charge in [0.2, 0.25) is 5.91 Å². The number of amides is 1. The van der Waals surface area contributed by atoms with E-state index in [1.54, 1.807) is 0 Å². The predicted molar refractivity (Wildman–Crippen MR) is 112 cm³/mol. The quantitative estimate of drug-likeness (QED) is 0.783. The highest BCUT2D eigenvalue weighted by Crippen LogP contribution is 2.33. The molecule has 0 spiro atoms. The number of carbonyl (C=O) groups is 1. The van der Waals surface area contributed by atoms with E-state index in [1.807, 2.05) is 32.0 Å². The molecule has 0 radical (unpaired) electrons. The molecule has 2 aromatic carbocycles. The Kier molecular flexibility index (Phi) is 6.57. The second-order valence-electron chi connectivity index (χ2n) is 7.24. The van der Waals surface area contributed by atoms with Crippen molar-refractivity contribution in [3.63, 3.8) is 0 Å². The summed E-state index contributed by atoms with van der Waals surface area (Å²) >= 11 is 0. The van der Waals surface area contributed by atoms with Crippen LogP contribution in [0.15, 0.2) is 30.3 Å². The van der Waals surface area contributed by atoms with Crippen LogP contribution in [0.3, 0.4) is 0 Å². The van der Waals surface area contributed by atoms with Crippen LogP contribution in [0, 0.1) is 13.8 Å². The van der Waals surface area contributed by atoms with Gasteiger partial charge in [-0.2, -0.15) is 0 Å². The molecule has 1 amide bonds. The smallest absolute Gasteiger partial charge is 0.238 e. The van der Waals surface area contributed by atoms with Crippen molar-refractivity contribution in [2.75, 3.05) is 31.6 Å². The van der Waals surface area contributed by atoms with Gasteiger partial charge in [-0.25, -0.2) is 0 Å². The van der Waals surface area contributed by atoms with E-state index in [0.29, 0.717) is 19.8 Å². The average Bonchev–Trinajstić information content (AvgIpc) is 2.66. The normalized spacial score (nSPS) is 13.7. The molecular formula is C23H30N2O3. The minimum Gasteiger partial charge on any atom is -0.490 e. The third-order valence-electron chi connectivity index (χ3n) is 5.11. The molecule has 0 atom stereocenters. The summed E-state index contributed by atoms with van der Waals surface area (Å²) in [6, 6.07) is 10.2. The lowest BCUT2D eigenvalue weighted by Crippen LogP contribution is -2.37. The van der Waals surface area contributed by atoms with Gasteiger partial charge in [0, 0.05) is 18.8 Å².